The van der Waals surface area contributed by atoms with E-state index >= 15 is 0 Å². The number of aromatic nitrogens is 2. The third kappa shape index (κ3) is 2.71. The second-order valence-corrected chi connectivity index (χ2v) is 4.88. The summed E-state index contributed by atoms with van der Waals surface area (Å²) in [5.74, 6) is 1.13. The third-order valence-electron chi connectivity index (χ3n) is 3.16. The summed E-state index contributed by atoms with van der Waals surface area (Å²) in [5, 5.41) is 0. The van der Waals surface area contributed by atoms with Crippen LogP contribution >= 0.6 is 0 Å². The molecule has 20 heavy (non-hydrogen) atoms. The minimum atomic E-state index is -0.269. The van der Waals surface area contributed by atoms with Crippen LogP contribution in [-0.4, -0.2) is 16.5 Å². The lowest BCUT2D eigenvalue weighted by molar-refractivity contribution is 0.627. The van der Waals surface area contributed by atoms with Crippen molar-refractivity contribution in [2.45, 2.75) is 26.7 Å². The van der Waals surface area contributed by atoms with Crippen molar-refractivity contribution >= 4 is 17.3 Å². The smallest absolute Gasteiger partial charge is 0.141 e. The number of nitrogens with zero attached hydrogens (tertiary/aromatic N) is 3. The third-order valence-corrected chi connectivity index (χ3v) is 3.16. The second kappa shape index (κ2) is 5.86. The highest BCUT2D eigenvalue weighted by atomic mass is 19.1. The number of anilines is 3. The van der Waals surface area contributed by atoms with E-state index in [1.165, 1.54) is 18.5 Å². The average Bonchev–Trinajstić information content (AvgIpc) is 2.39. The molecule has 0 saturated heterocycles. The zero-order valence-electron chi connectivity index (χ0n) is 12.0. The highest BCUT2D eigenvalue weighted by Gasteiger charge is 2.19. The maximum atomic E-state index is 13.4. The van der Waals surface area contributed by atoms with Gasteiger partial charge in [-0.1, -0.05) is 19.9 Å². The van der Waals surface area contributed by atoms with Gasteiger partial charge in [-0.2, -0.15) is 0 Å². The first-order valence-corrected chi connectivity index (χ1v) is 6.68. The summed E-state index contributed by atoms with van der Waals surface area (Å²) in [7, 11) is 0. The minimum absolute atomic E-state index is 0.189. The van der Waals surface area contributed by atoms with Crippen molar-refractivity contribution in [2.24, 2.45) is 0 Å². The van der Waals surface area contributed by atoms with E-state index in [4.69, 9.17) is 5.73 Å². The summed E-state index contributed by atoms with van der Waals surface area (Å²) in [6.07, 6.45) is 1.44. The van der Waals surface area contributed by atoms with Crippen LogP contribution in [0.5, 0.6) is 0 Å². The number of nitrogens with two attached hydrogens (primary N) is 1. The fraction of sp³-hybridized carbons (Fsp3) is 0.333. The Balaban J connectivity index is 2.55. The van der Waals surface area contributed by atoms with Crippen molar-refractivity contribution in [1.29, 1.82) is 0 Å². The fourth-order valence-electron chi connectivity index (χ4n) is 2.27. The fourth-order valence-corrected chi connectivity index (χ4v) is 2.27. The highest BCUT2D eigenvalue weighted by molar-refractivity contribution is 5.67. The molecule has 106 valence electrons. The van der Waals surface area contributed by atoms with Gasteiger partial charge in [-0.3, -0.25) is 0 Å². The van der Waals surface area contributed by atoms with Crippen LogP contribution in [0.4, 0.5) is 21.7 Å². The minimum Gasteiger partial charge on any atom is -0.383 e. The summed E-state index contributed by atoms with van der Waals surface area (Å²) in [6, 6.07) is 6.46. The Morgan fingerprint density at radius 3 is 2.65 bits per heavy atom. The van der Waals surface area contributed by atoms with Crippen LogP contribution < -0.4 is 10.6 Å². The van der Waals surface area contributed by atoms with Gasteiger partial charge in [0.15, 0.2) is 0 Å². The summed E-state index contributed by atoms with van der Waals surface area (Å²) in [5.41, 5.74) is 7.62. The molecular weight excluding hydrogens is 255 g/mol. The number of halogens is 1. The molecule has 1 aromatic heterocycles. The van der Waals surface area contributed by atoms with Gasteiger partial charge in [0.2, 0.25) is 0 Å². The molecule has 0 amide bonds. The predicted octanol–water partition coefficient (Wildman–Crippen LogP) is 3.48. The van der Waals surface area contributed by atoms with Crippen LogP contribution in [0.2, 0.25) is 0 Å². The first-order valence-electron chi connectivity index (χ1n) is 6.68. The van der Waals surface area contributed by atoms with Crippen LogP contribution in [0.15, 0.2) is 30.6 Å². The number of nitrogen functional groups attached to an aromatic ring is 1. The molecule has 0 aliphatic rings. The molecule has 5 heteroatoms. The summed E-state index contributed by atoms with van der Waals surface area (Å²) in [6.45, 7) is 6.74. The van der Waals surface area contributed by atoms with Crippen molar-refractivity contribution in [3.63, 3.8) is 0 Å². The molecule has 0 saturated carbocycles. The van der Waals surface area contributed by atoms with Crippen LogP contribution in [0.25, 0.3) is 0 Å². The van der Waals surface area contributed by atoms with Crippen molar-refractivity contribution in [3.05, 3.63) is 42.0 Å². The predicted molar refractivity (Wildman–Crippen MR) is 79.6 cm³/mol. The molecule has 0 aliphatic carbocycles. The quantitative estimate of drug-likeness (QED) is 0.927. The molecule has 4 nitrogen and oxygen atoms in total. The molecule has 2 rings (SSSR count). The molecular formula is C15H19FN4. The van der Waals surface area contributed by atoms with Gasteiger partial charge < -0.3 is 10.6 Å². The molecule has 0 spiro atoms. The molecule has 0 atom stereocenters. The van der Waals surface area contributed by atoms with Crippen molar-refractivity contribution in [3.8, 4) is 0 Å². The lowest BCUT2D eigenvalue weighted by Gasteiger charge is -2.26. The largest absolute Gasteiger partial charge is 0.383 e. The molecule has 0 radical (unpaired) electrons. The zero-order valence-corrected chi connectivity index (χ0v) is 12.0. The Hall–Kier alpha value is -2.17. The summed E-state index contributed by atoms with van der Waals surface area (Å²) in [4.78, 5) is 10.3. The van der Waals surface area contributed by atoms with Crippen molar-refractivity contribution < 1.29 is 4.39 Å². The second-order valence-electron chi connectivity index (χ2n) is 4.88. The molecule has 2 N–H and O–H groups in total. The van der Waals surface area contributed by atoms with Crippen LogP contribution in [-0.2, 0) is 0 Å². The van der Waals surface area contributed by atoms with Gasteiger partial charge in [0.25, 0.3) is 0 Å². The Kier molecular flexibility index (Phi) is 4.17. The SMILES string of the molecule is CCN(c1cccc(F)c1)c1ncnc(N)c1C(C)C. The normalized spacial score (nSPS) is 10.8. The number of benzene rings is 1. The lowest BCUT2D eigenvalue weighted by atomic mass is 10.0. The maximum Gasteiger partial charge on any atom is 0.141 e. The van der Waals surface area contributed by atoms with E-state index in [1.54, 1.807) is 6.07 Å². The van der Waals surface area contributed by atoms with Crippen LogP contribution in [0, 0.1) is 5.82 Å². The standard InChI is InChI=1S/C15H19FN4/c1-4-20(12-7-5-6-11(16)8-12)15-13(10(2)3)14(17)18-9-19-15/h5-10H,4H2,1-3H3,(H2,17,18,19). The average molecular weight is 274 g/mol. The van der Waals surface area contributed by atoms with Gasteiger partial charge in [0.1, 0.15) is 23.8 Å². The highest BCUT2D eigenvalue weighted by Crippen LogP contribution is 2.33. The topological polar surface area (TPSA) is 55.0 Å². The van der Waals surface area contributed by atoms with E-state index in [0.29, 0.717) is 12.4 Å². The van der Waals surface area contributed by atoms with Crippen molar-refractivity contribution in [2.75, 3.05) is 17.2 Å². The molecule has 0 unspecified atom stereocenters. The van der Waals surface area contributed by atoms with E-state index in [2.05, 4.69) is 9.97 Å². The molecule has 2 aromatic rings. The van der Waals surface area contributed by atoms with Gasteiger partial charge >= 0.3 is 0 Å². The van der Waals surface area contributed by atoms with E-state index in [9.17, 15) is 4.39 Å². The zero-order chi connectivity index (χ0) is 14.7. The van der Waals surface area contributed by atoms with Gasteiger partial charge in [-0.05, 0) is 31.0 Å². The Morgan fingerprint density at radius 2 is 2.05 bits per heavy atom. The molecule has 0 aliphatic heterocycles. The molecule has 1 heterocycles. The first kappa shape index (κ1) is 14.2. The lowest BCUT2D eigenvalue weighted by Crippen LogP contribution is -2.21. The Labute approximate surface area is 118 Å². The van der Waals surface area contributed by atoms with Gasteiger partial charge in [-0.25, -0.2) is 14.4 Å². The Bertz CT molecular complexity index is 598. The van der Waals surface area contributed by atoms with Crippen molar-refractivity contribution in [1.82, 2.24) is 9.97 Å². The number of rotatable bonds is 4. The van der Waals surface area contributed by atoms with Gasteiger partial charge in [-0.15, -0.1) is 0 Å². The molecule has 1 aromatic carbocycles. The Morgan fingerprint density at radius 1 is 1.30 bits per heavy atom. The van der Waals surface area contributed by atoms with Gasteiger partial charge in [0.05, 0.1) is 0 Å². The van der Waals surface area contributed by atoms with Gasteiger partial charge in [0, 0.05) is 17.8 Å². The maximum absolute atomic E-state index is 13.4. The summed E-state index contributed by atoms with van der Waals surface area (Å²) >= 11 is 0. The van der Waals surface area contributed by atoms with E-state index in [-0.39, 0.29) is 11.7 Å². The summed E-state index contributed by atoms with van der Waals surface area (Å²) < 4.78 is 13.4. The molecule has 0 bridgehead atoms. The number of hydrogen-bond donors (Lipinski definition) is 1. The monoisotopic (exact) mass is 274 g/mol. The van der Waals surface area contributed by atoms with E-state index in [0.717, 1.165) is 17.1 Å². The first-order chi connectivity index (χ1) is 9.54. The van der Waals surface area contributed by atoms with Crippen LogP contribution in [0.1, 0.15) is 32.3 Å². The number of hydrogen-bond acceptors (Lipinski definition) is 4. The molecule has 0 fully saturated rings. The van der Waals surface area contributed by atoms with E-state index in [1.807, 2.05) is 31.7 Å². The van der Waals surface area contributed by atoms with E-state index < -0.39 is 0 Å². The van der Waals surface area contributed by atoms with Crippen LogP contribution in [0.3, 0.4) is 0 Å².